The summed E-state index contributed by atoms with van der Waals surface area (Å²) in [5, 5.41) is 15.3. The van der Waals surface area contributed by atoms with Gasteiger partial charge in [0.2, 0.25) is 0 Å². The molecule has 31 heavy (non-hydrogen) atoms. The highest BCUT2D eigenvalue weighted by Gasteiger charge is 2.60. The van der Waals surface area contributed by atoms with Gasteiger partial charge in [-0.1, -0.05) is 61.3 Å². The molecule has 1 N–H and O–H groups in total. The molecule has 1 heterocycles. The first-order chi connectivity index (χ1) is 14.5. The SMILES string of the molecule is CC(C)[C@@H]1N[C@@H](C(=O)OC(C)(C)C)[C@H](c2cccc(Cl)c2)[C@@]1(C#N)c1ccc(Cl)cc1. The lowest BCUT2D eigenvalue weighted by atomic mass is 9.63. The maximum atomic E-state index is 13.3. The predicted molar refractivity (Wildman–Crippen MR) is 124 cm³/mol. The van der Waals surface area contributed by atoms with Crippen LogP contribution in [0.25, 0.3) is 0 Å². The smallest absolute Gasteiger partial charge is 0.324 e. The van der Waals surface area contributed by atoms with Crippen LogP contribution in [-0.4, -0.2) is 23.7 Å². The molecule has 0 amide bonds. The molecule has 2 aromatic carbocycles. The number of benzene rings is 2. The predicted octanol–water partition coefficient (Wildman–Crippen LogP) is 5.88. The summed E-state index contributed by atoms with van der Waals surface area (Å²) in [5.41, 5.74) is -0.0501. The minimum absolute atomic E-state index is 0.0736. The maximum absolute atomic E-state index is 13.3. The highest BCUT2D eigenvalue weighted by molar-refractivity contribution is 6.30. The molecule has 1 aliphatic rings. The van der Waals surface area contributed by atoms with E-state index in [1.165, 1.54) is 0 Å². The van der Waals surface area contributed by atoms with Crippen LogP contribution >= 0.6 is 23.2 Å². The number of carbonyl (C=O) groups excluding carboxylic acids is 1. The van der Waals surface area contributed by atoms with Gasteiger partial charge in [0.25, 0.3) is 0 Å². The van der Waals surface area contributed by atoms with Gasteiger partial charge in [-0.2, -0.15) is 5.26 Å². The van der Waals surface area contributed by atoms with Crippen molar-refractivity contribution in [3.05, 3.63) is 69.7 Å². The zero-order chi connectivity index (χ0) is 23.0. The van der Waals surface area contributed by atoms with Crippen LogP contribution in [0.4, 0.5) is 0 Å². The third kappa shape index (κ3) is 4.60. The Labute approximate surface area is 194 Å². The molecule has 0 aromatic heterocycles. The van der Waals surface area contributed by atoms with Crippen molar-refractivity contribution in [2.45, 2.75) is 63.6 Å². The van der Waals surface area contributed by atoms with Crippen LogP contribution in [0, 0.1) is 17.2 Å². The number of nitrogens with one attached hydrogen (secondary N) is 1. The highest BCUT2D eigenvalue weighted by atomic mass is 35.5. The van der Waals surface area contributed by atoms with Crippen molar-refractivity contribution >= 4 is 29.2 Å². The van der Waals surface area contributed by atoms with E-state index in [9.17, 15) is 10.1 Å². The molecule has 0 aliphatic carbocycles. The molecule has 4 nitrogen and oxygen atoms in total. The van der Waals surface area contributed by atoms with Crippen LogP contribution in [0.15, 0.2) is 48.5 Å². The van der Waals surface area contributed by atoms with E-state index in [0.29, 0.717) is 10.0 Å². The molecule has 4 atom stereocenters. The molecular formula is C25H28Cl2N2O2. The van der Waals surface area contributed by atoms with Gasteiger partial charge in [-0.05, 0) is 62.1 Å². The number of nitriles is 1. The van der Waals surface area contributed by atoms with E-state index in [-0.39, 0.29) is 17.9 Å². The van der Waals surface area contributed by atoms with Crippen LogP contribution < -0.4 is 5.32 Å². The lowest BCUT2D eigenvalue weighted by molar-refractivity contribution is -0.157. The van der Waals surface area contributed by atoms with Gasteiger partial charge in [0.15, 0.2) is 0 Å². The summed E-state index contributed by atoms with van der Waals surface area (Å²) in [4.78, 5) is 13.3. The van der Waals surface area contributed by atoms with E-state index >= 15 is 0 Å². The van der Waals surface area contributed by atoms with E-state index in [1.807, 2.05) is 65.0 Å². The molecule has 3 rings (SSSR count). The molecule has 1 saturated heterocycles. The second-order valence-electron chi connectivity index (χ2n) is 9.42. The monoisotopic (exact) mass is 458 g/mol. The zero-order valence-electron chi connectivity index (χ0n) is 18.4. The molecule has 6 heteroatoms. The first kappa shape index (κ1) is 23.6. The molecule has 1 aliphatic heterocycles. The van der Waals surface area contributed by atoms with Gasteiger partial charge in [0, 0.05) is 22.0 Å². The summed E-state index contributed by atoms with van der Waals surface area (Å²) < 4.78 is 5.76. The average molecular weight is 459 g/mol. The first-order valence-corrected chi connectivity index (χ1v) is 11.2. The Hall–Kier alpha value is -2.06. The quantitative estimate of drug-likeness (QED) is 0.581. The summed E-state index contributed by atoms with van der Waals surface area (Å²) in [7, 11) is 0. The van der Waals surface area contributed by atoms with Crippen molar-refractivity contribution in [3.63, 3.8) is 0 Å². The third-order valence-electron chi connectivity index (χ3n) is 5.72. The average Bonchev–Trinajstić information content (AvgIpc) is 3.04. The van der Waals surface area contributed by atoms with E-state index in [2.05, 4.69) is 11.4 Å². The van der Waals surface area contributed by atoms with E-state index in [1.54, 1.807) is 18.2 Å². The Morgan fingerprint density at radius 3 is 2.29 bits per heavy atom. The number of esters is 1. The van der Waals surface area contributed by atoms with Gasteiger partial charge in [0.05, 0.1) is 6.07 Å². The molecule has 0 bridgehead atoms. The zero-order valence-corrected chi connectivity index (χ0v) is 20.0. The minimum atomic E-state index is -1.02. The van der Waals surface area contributed by atoms with Crippen molar-refractivity contribution < 1.29 is 9.53 Å². The van der Waals surface area contributed by atoms with Crippen molar-refractivity contribution in [2.24, 2.45) is 5.92 Å². The van der Waals surface area contributed by atoms with E-state index in [0.717, 1.165) is 11.1 Å². The van der Waals surface area contributed by atoms with Crippen molar-refractivity contribution in [2.75, 3.05) is 0 Å². The van der Waals surface area contributed by atoms with Crippen molar-refractivity contribution in [1.82, 2.24) is 5.32 Å². The number of ether oxygens (including phenoxy) is 1. The third-order valence-corrected chi connectivity index (χ3v) is 6.20. The van der Waals surface area contributed by atoms with Gasteiger partial charge in [0.1, 0.15) is 17.1 Å². The number of nitrogens with zero attached hydrogens (tertiary/aromatic N) is 1. The highest BCUT2D eigenvalue weighted by Crippen LogP contribution is 2.51. The second kappa shape index (κ2) is 8.82. The minimum Gasteiger partial charge on any atom is -0.459 e. The number of rotatable bonds is 4. The Morgan fingerprint density at radius 2 is 1.77 bits per heavy atom. The van der Waals surface area contributed by atoms with Crippen molar-refractivity contribution in [3.8, 4) is 6.07 Å². The van der Waals surface area contributed by atoms with Crippen LogP contribution in [0.3, 0.4) is 0 Å². The number of halogens is 2. The largest absolute Gasteiger partial charge is 0.459 e. The first-order valence-electron chi connectivity index (χ1n) is 10.4. The molecule has 0 spiro atoms. The Morgan fingerprint density at radius 1 is 1.13 bits per heavy atom. The van der Waals surface area contributed by atoms with Crippen molar-refractivity contribution in [1.29, 1.82) is 5.26 Å². The lowest BCUT2D eigenvalue weighted by Crippen LogP contribution is -2.45. The molecule has 0 radical (unpaired) electrons. The van der Waals surface area contributed by atoms with Crippen LogP contribution in [0.1, 0.15) is 51.7 Å². The summed E-state index contributed by atoms with van der Waals surface area (Å²) in [6.45, 7) is 9.61. The molecular weight excluding hydrogens is 431 g/mol. The molecule has 0 saturated carbocycles. The summed E-state index contributed by atoms with van der Waals surface area (Å²) in [6.07, 6.45) is 0. The second-order valence-corrected chi connectivity index (χ2v) is 10.3. The van der Waals surface area contributed by atoms with Gasteiger partial charge >= 0.3 is 5.97 Å². The fourth-order valence-corrected chi connectivity index (χ4v) is 4.93. The number of carbonyl (C=O) groups is 1. The standard InChI is InChI=1S/C25H28Cl2N2O2/c1-15(2)22-25(14-28,17-9-11-18(26)12-10-17)20(16-7-6-8-19(27)13-16)21(29-22)23(30)31-24(3,4)5/h6-13,15,20-22,29H,1-5H3/t20-,21+,22-,25+/m0/s1. The molecule has 164 valence electrons. The Bertz CT molecular complexity index is 992. The lowest BCUT2D eigenvalue weighted by Gasteiger charge is -2.36. The summed E-state index contributed by atoms with van der Waals surface area (Å²) in [6, 6.07) is 16.3. The molecule has 1 fully saturated rings. The molecule has 0 unspecified atom stereocenters. The fourth-order valence-electron chi connectivity index (χ4n) is 4.61. The van der Waals surface area contributed by atoms with Crippen LogP contribution in [0.5, 0.6) is 0 Å². The maximum Gasteiger partial charge on any atom is 0.324 e. The van der Waals surface area contributed by atoms with Gasteiger partial charge in [-0.3, -0.25) is 10.1 Å². The van der Waals surface area contributed by atoms with Crippen LogP contribution in [-0.2, 0) is 14.9 Å². The Balaban J connectivity index is 2.26. The number of hydrogen-bond donors (Lipinski definition) is 1. The van der Waals surface area contributed by atoms with E-state index < -0.39 is 23.0 Å². The van der Waals surface area contributed by atoms with Gasteiger partial charge in [-0.25, -0.2) is 0 Å². The number of hydrogen-bond acceptors (Lipinski definition) is 4. The Kier molecular flexibility index (Phi) is 6.72. The summed E-state index contributed by atoms with van der Waals surface area (Å²) in [5.74, 6) is -0.807. The topological polar surface area (TPSA) is 62.1 Å². The molecule has 2 aromatic rings. The van der Waals surface area contributed by atoms with Crippen LogP contribution in [0.2, 0.25) is 10.0 Å². The normalized spacial score (nSPS) is 26.0. The summed E-state index contributed by atoms with van der Waals surface area (Å²) >= 11 is 12.5. The van der Waals surface area contributed by atoms with Gasteiger partial charge in [-0.15, -0.1) is 0 Å². The van der Waals surface area contributed by atoms with Gasteiger partial charge < -0.3 is 4.74 Å². The fraction of sp³-hybridized carbons (Fsp3) is 0.440. The van der Waals surface area contributed by atoms with E-state index in [4.69, 9.17) is 27.9 Å².